The van der Waals surface area contributed by atoms with Crippen molar-refractivity contribution >= 4 is 20.7 Å². The SMILES string of the molecule is CCC(C)C(=O)[Se]. The maximum absolute atomic E-state index is 10.3. The first-order valence-electron chi connectivity index (χ1n) is 2.39. The van der Waals surface area contributed by atoms with Gasteiger partial charge in [0.1, 0.15) is 0 Å². The normalized spacial score (nSPS) is 13.4. The standard InChI is InChI=1S/C5H9OSe/c1-3-4(2)5(6)7/h4H,3H2,1-2H3. The van der Waals surface area contributed by atoms with Gasteiger partial charge in [-0.3, -0.25) is 0 Å². The van der Waals surface area contributed by atoms with E-state index in [1.54, 1.807) is 0 Å². The van der Waals surface area contributed by atoms with Crippen molar-refractivity contribution in [1.82, 2.24) is 0 Å². The molecular formula is C5H9OSe. The number of carbonyl (C=O) groups is 1. The Balaban J connectivity index is 3.34. The van der Waals surface area contributed by atoms with Crippen molar-refractivity contribution in [2.24, 2.45) is 5.92 Å². The maximum atomic E-state index is 10.3. The first kappa shape index (κ1) is 7.19. The average molecular weight is 164 g/mol. The van der Waals surface area contributed by atoms with Gasteiger partial charge in [0.05, 0.1) is 0 Å². The molecule has 0 saturated carbocycles. The van der Waals surface area contributed by atoms with Gasteiger partial charge in [0.2, 0.25) is 0 Å². The summed E-state index contributed by atoms with van der Waals surface area (Å²) in [7, 11) is 0. The summed E-state index contributed by atoms with van der Waals surface area (Å²) in [5, 5.41) is 0. The van der Waals surface area contributed by atoms with Gasteiger partial charge in [0, 0.05) is 0 Å². The fraction of sp³-hybridized carbons (Fsp3) is 0.800. The second kappa shape index (κ2) is 3.22. The summed E-state index contributed by atoms with van der Waals surface area (Å²) < 4.78 is 0.169. The van der Waals surface area contributed by atoms with Crippen molar-refractivity contribution in [3.63, 3.8) is 0 Å². The topological polar surface area (TPSA) is 17.1 Å². The molecule has 41 valence electrons. The molecule has 0 aliphatic carbocycles. The van der Waals surface area contributed by atoms with Crippen LogP contribution in [0, 0.1) is 5.92 Å². The van der Waals surface area contributed by atoms with E-state index in [-0.39, 0.29) is 10.6 Å². The molecule has 0 bridgehead atoms. The summed E-state index contributed by atoms with van der Waals surface area (Å²) in [4.78, 5) is 10.3. The van der Waals surface area contributed by atoms with Crippen LogP contribution < -0.4 is 0 Å². The number of hydrogen-bond donors (Lipinski definition) is 0. The van der Waals surface area contributed by atoms with Crippen LogP contribution in [0.25, 0.3) is 0 Å². The molecule has 0 amide bonds. The molecule has 0 heterocycles. The van der Waals surface area contributed by atoms with Gasteiger partial charge in [-0.05, 0) is 0 Å². The van der Waals surface area contributed by atoms with E-state index in [1.165, 1.54) is 0 Å². The molecule has 7 heavy (non-hydrogen) atoms. The van der Waals surface area contributed by atoms with Crippen molar-refractivity contribution in [3.05, 3.63) is 0 Å². The zero-order chi connectivity index (χ0) is 5.86. The van der Waals surface area contributed by atoms with Crippen LogP contribution in [0.15, 0.2) is 0 Å². The summed E-state index contributed by atoms with van der Waals surface area (Å²) >= 11 is 2.45. The molecule has 0 aliphatic heterocycles. The quantitative estimate of drug-likeness (QED) is 0.550. The molecule has 1 radical (unpaired) electrons. The zero-order valence-corrected chi connectivity index (χ0v) is 6.31. The van der Waals surface area contributed by atoms with Crippen LogP contribution in [-0.2, 0) is 4.79 Å². The van der Waals surface area contributed by atoms with E-state index in [1.807, 2.05) is 13.8 Å². The van der Waals surface area contributed by atoms with Crippen molar-refractivity contribution in [2.75, 3.05) is 0 Å². The molecule has 0 spiro atoms. The van der Waals surface area contributed by atoms with E-state index in [0.717, 1.165) is 6.42 Å². The Bertz CT molecular complexity index is 70.5. The molecule has 0 saturated heterocycles. The average Bonchev–Trinajstić information content (AvgIpc) is 1.65. The molecule has 0 aromatic carbocycles. The fourth-order valence-electron chi connectivity index (χ4n) is 0.167. The molecule has 0 rings (SSSR count). The Morgan fingerprint density at radius 1 is 1.86 bits per heavy atom. The van der Waals surface area contributed by atoms with Crippen LogP contribution in [0.5, 0.6) is 0 Å². The van der Waals surface area contributed by atoms with Gasteiger partial charge >= 0.3 is 51.7 Å². The van der Waals surface area contributed by atoms with Gasteiger partial charge in [-0.25, -0.2) is 0 Å². The third-order valence-corrected chi connectivity index (χ3v) is 1.86. The van der Waals surface area contributed by atoms with Crippen LogP contribution >= 0.6 is 0 Å². The first-order valence-corrected chi connectivity index (χ1v) is 3.25. The van der Waals surface area contributed by atoms with Crippen LogP contribution in [-0.4, -0.2) is 20.7 Å². The van der Waals surface area contributed by atoms with Gasteiger partial charge in [0.15, 0.2) is 0 Å². The van der Waals surface area contributed by atoms with Crippen LogP contribution in [0.3, 0.4) is 0 Å². The van der Waals surface area contributed by atoms with Crippen LogP contribution in [0.1, 0.15) is 20.3 Å². The number of carbonyl (C=O) groups excluding carboxylic acids is 1. The Morgan fingerprint density at radius 2 is 2.29 bits per heavy atom. The van der Waals surface area contributed by atoms with E-state index in [4.69, 9.17) is 0 Å². The van der Waals surface area contributed by atoms with Crippen LogP contribution in [0.4, 0.5) is 0 Å². The third kappa shape index (κ3) is 2.84. The second-order valence-electron chi connectivity index (χ2n) is 1.63. The minimum atomic E-state index is 0.169. The molecule has 0 aliphatic rings. The molecule has 0 aromatic rings. The third-order valence-electron chi connectivity index (χ3n) is 1.01. The Morgan fingerprint density at radius 3 is 2.29 bits per heavy atom. The number of rotatable bonds is 2. The monoisotopic (exact) mass is 165 g/mol. The van der Waals surface area contributed by atoms with Gasteiger partial charge in [-0.1, -0.05) is 0 Å². The summed E-state index contributed by atoms with van der Waals surface area (Å²) in [5.74, 6) is 0.208. The summed E-state index contributed by atoms with van der Waals surface area (Å²) in [5.41, 5.74) is 0. The molecule has 0 fully saturated rings. The van der Waals surface area contributed by atoms with Gasteiger partial charge in [0.25, 0.3) is 0 Å². The van der Waals surface area contributed by atoms with E-state index < -0.39 is 0 Å². The Kier molecular flexibility index (Phi) is 3.31. The first-order chi connectivity index (χ1) is 3.18. The predicted molar refractivity (Wildman–Crippen MR) is 30.2 cm³/mol. The van der Waals surface area contributed by atoms with Gasteiger partial charge in [-0.2, -0.15) is 0 Å². The van der Waals surface area contributed by atoms with Crippen molar-refractivity contribution in [1.29, 1.82) is 0 Å². The summed E-state index contributed by atoms with van der Waals surface area (Å²) in [6.45, 7) is 3.92. The minimum absolute atomic E-state index is 0.169. The van der Waals surface area contributed by atoms with E-state index in [9.17, 15) is 4.79 Å². The van der Waals surface area contributed by atoms with E-state index >= 15 is 0 Å². The Hall–Kier alpha value is 0.189. The number of hydrogen-bond acceptors (Lipinski definition) is 1. The summed E-state index contributed by atoms with van der Waals surface area (Å²) in [6.07, 6.45) is 0.936. The molecule has 2 heteroatoms. The molecule has 1 atom stereocenters. The van der Waals surface area contributed by atoms with Crippen molar-refractivity contribution in [3.8, 4) is 0 Å². The molecular weight excluding hydrogens is 155 g/mol. The van der Waals surface area contributed by atoms with Crippen LogP contribution in [0.2, 0.25) is 0 Å². The van der Waals surface area contributed by atoms with Gasteiger partial charge in [-0.15, -0.1) is 0 Å². The van der Waals surface area contributed by atoms with E-state index in [0.29, 0.717) is 0 Å². The van der Waals surface area contributed by atoms with Gasteiger partial charge < -0.3 is 0 Å². The Labute approximate surface area is 52.3 Å². The fourth-order valence-corrected chi connectivity index (χ4v) is 0.516. The molecule has 1 nitrogen and oxygen atoms in total. The van der Waals surface area contributed by atoms with Crippen molar-refractivity contribution in [2.45, 2.75) is 20.3 Å². The summed E-state index contributed by atoms with van der Waals surface area (Å²) in [6, 6.07) is 0. The second-order valence-corrected chi connectivity index (χ2v) is 2.47. The molecule has 0 aromatic heterocycles. The predicted octanol–water partition coefficient (Wildman–Crippen LogP) is 0.728. The zero-order valence-electron chi connectivity index (χ0n) is 4.60. The molecule has 0 N–H and O–H groups in total. The van der Waals surface area contributed by atoms with E-state index in [2.05, 4.69) is 16.0 Å². The van der Waals surface area contributed by atoms with Crippen molar-refractivity contribution < 1.29 is 4.79 Å². The molecule has 1 unspecified atom stereocenters.